The predicted octanol–water partition coefficient (Wildman–Crippen LogP) is 6.73. The molecule has 0 unspecified atom stereocenters. The summed E-state index contributed by atoms with van der Waals surface area (Å²) in [5.41, 5.74) is 4.33. The molecule has 3 aliphatic heterocycles. The molecule has 0 saturated carbocycles. The molecule has 11 nitrogen and oxygen atoms in total. The normalized spacial score (nSPS) is 16.0. The van der Waals surface area contributed by atoms with Crippen molar-refractivity contribution in [3.05, 3.63) is 118 Å². The number of amides is 3. The Bertz CT molecular complexity index is 2190. The van der Waals surface area contributed by atoms with Crippen LogP contribution in [0, 0.1) is 18.2 Å². The average Bonchev–Trinajstić information content (AvgIpc) is 3.51. The summed E-state index contributed by atoms with van der Waals surface area (Å²) in [6.07, 6.45) is 7.58. The minimum atomic E-state index is -0.666. The highest BCUT2D eigenvalue weighted by Crippen LogP contribution is 2.42. The van der Waals surface area contributed by atoms with Gasteiger partial charge in [-0.25, -0.2) is 9.37 Å². The summed E-state index contributed by atoms with van der Waals surface area (Å²) in [7, 11) is 0. The Morgan fingerprint density at radius 2 is 1.77 bits per heavy atom. The molecule has 0 bridgehead atoms. The molecule has 2 fully saturated rings. The van der Waals surface area contributed by atoms with Crippen LogP contribution in [-0.4, -0.2) is 60.4 Å². The first kappa shape index (κ1) is 33.5. The lowest BCUT2D eigenvalue weighted by atomic mass is 9.72. The molecular weight excluding hydrogens is 685 g/mol. The van der Waals surface area contributed by atoms with E-state index in [1.807, 2.05) is 13.0 Å². The lowest BCUT2D eigenvalue weighted by Gasteiger charge is -2.53. The van der Waals surface area contributed by atoms with E-state index in [4.69, 9.17) is 16.0 Å². The van der Waals surface area contributed by atoms with Crippen LogP contribution in [-0.2, 0) is 6.42 Å². The molecule has 2 aromatic carbocycles. The van der Waals surface area contributed by atoms with Crippen LogP contribution in [0.3, 0.4) is 0 Å². The smallest absolute Gasteiger partial charge is 0.291 e. The van der Waals surface area contributed by atoms with E-state index in [0.717, 1.165) is 44.6 Å². The fraction of sp³-hybridized carbons (Fsp3) is 0.256. The molecule has 5 aromatic rings. The van der Waals surface area contributed by atoms with Crippen molar-refractivity contribution >= 4 is 52.2 Å². The molecule has 6 heterocycles. The third-order valence-corrected chi connectivity index (χ3v) is 10.4. The summed E-state index contributed by atoms with van der Waals surface area (Å²) in [6, 6.07) is 16.1. The molecule has 0 radical (unpaired) electrons. The summed E-state index contributed by atoms with van der Waals surface area (Å²) in [5.74, 6) is -0.758. The first-order chi connectivity index (χ1) is 25.2. The maximum absolute atomic E-state index is 14.3. The van der Waals surface area contributed by atoms with Crippen LogP contribution in [0.2, 0.25) is 5.02 Å². The number of para-hydroxylation sites is 1. The Morgan fingerprint density at radius 1 is 0.981 bits per heavy atom. The van der Waals surface area contributed by atoms with Gasteiger partial charge in [-0.15, -0.1) is 0 Å². The van der Waals surface area contributed by atoms with Gasteiger partial charge in [-0.1, -0.05) is 17.7 Å². The van der Waals surface area contributed by atoms with E-state index >= 15 is 0 Å². The molecule has 1 spiro atoms. The highest BCUT2D eigenvalue weighted by atomic mass is 35.5. The Labute approximate surface area is 304 Å². The van der Waals surface area contributed by atoms with Crippen LogP contribution in [0.15, 0.2) is 83.7 Å². The van der Waals surface area contributed by atoms with Gasteiger partial charge in [-0.05, 0) is 99.4 Å². The van der Waals surface area contributed by atoms with Crippen molar-refractivity contribution in [2.45, 2.75) is 26.2 Å². The van der Waals surface area contributed by atoms with E-state index in [9.17, 15) is 18.8 Å². The summed E-state index contributed by atoms with van der Waals surface area (Å²) < 4.78 is 20.4. The second-order valence-electron chi connectivity index (χ2n) is 13.6. The van der Waals surface area contributed by atoms with Crippen LogP contribution in [0.4, 0.5) is 27.3 Å². The van der Waals surface area contributed by atoms with E-state index in [1.54, 1.807) is 59.9 Å². The van der Waals surface area contributed by atoms with Gasteiger partial charge in [0.1, 0.15) is 17.4 Å². The maximum atomic E-state index is 14.3. The number of carbonyl (C=O) groups is 3. The molecule has 3 aliphatic rings. The van der Waals surface area contributed by atoms with E-state index in [2.05, 4.69) is 30.8 Å². The Morgan fingerprint density at radius 3 is 2.54 bits per heavy atom. The second-order valence-corrected chi connectivity index (χ2v) is 14.0. The van der Waals surface area contributed by atoms with Crippen LogP contribution >= 0.6 is 11.6 Å². The molecule has 0 aliphatic carbocycles. The van der Waals surface area contributed by atoms with Gasteiger partial charge in [0.05, 0.1) is 28.2 Å². The number of halogens is 2. The third-order valence-electron chi connectivity index (χ3n) is 10.1. The monoisotopic (exact) mass is 719 g/mol. The summed E-state index contributed by atoms with van der Waals surface area (Å²) >= 11 is 6.10. The Hall–Kier alpha value is -5.59. The number of pyridine rings is 2. The zero-order valence-electron chi connectivity index (χ0n) is 28.3. The minimum absolute atomic E-state index is 0.0198. The van der Waals surface area contributed by atoms with Crippen LogP contribution in [0.1, 0.15) is 55.2 Å². The van der Waals surface area contributed by atoms with Gasteiger partial charge >= 0.3 is 0 Å². The number of aryl methyl sites for hydroxylation is 1. The summed E-state index contributed by atoms with van der Waals surface area (Å²) in [4.78, 5) is 53.3. The first-order valence-corrected chi connectivity index (χ1v) is 17.5. The molecule has 2 saturated heterocycles. The molecule has 0 atom stereocenters. The largest absolute Gasteiger partial charge is 0.451 e. The highest BCUT2D eigenvalue weighted by Gasteiger charge is 2.45. The van der Waals surface area contributed by atoms with Crippen molar-refractivity contribution in [2.24, 2.45) is 5.41 Å². The van der Waals surface area contributed by atoms with Crippen LogP contribution in [0.25, 0.3) is 11.3 Å². The number of carbonyl (C=O) groups excluding carboxylic acids is 3. The third kappa shape index (κ3) is 6.28. The van der Waals surface area contributed by atoms with Gasteiger partial charge in [0.2, 0.25) is 0 Å². The SMILES string of the molecule is Cc1cnc(N2CC3(CCNCC3)C2)c(C(=O)Nc2ccc(C(=O)N3CCc4cc(C(=O)Nc5c(F)cccc5Cl)oc4-c4ccncc43)cc2)c1. The van der Waals surface area contributed by atoms with Crippen molar-refractivity contribution in [2.75, 3.05) is 53.2 Å². The van der Waals surface area contributed by atoms with Crippen molar-refractivity contribution in [3.63, 3.8) is 0 Å². The first-order valence-electron chi connectivity index (χ1n) is 17.2. The number of fused-ring (bicyclic) bond motifs is 3. The minimum Gasteiger partial charge on any atom is -0.451 e. The molecule has 13 heteroatoms. The molecule has 3 amide bonds. The van der Waals surface area contributed by atoms with Crippen molar-refractivity contribution < 1.29 is 23.2 Å². The van der Waals surface area contributed by atoms with E-state index in [-0.39, 0.29) is 40.2 Å². The number of hydrogen-bond acceptors (Lipinski definition) is 8. The van der Waals surface area contributed by atoms with E-state index in [0.29, 0.717) is 51.6 Å². The molecule has 3 aromatic heterocycles. The zero-order chi connectivity index (χ0) is 36.0. The van der Waals surface area contributed by atoms with Gasteiger partial charge < -0.3 is 30.2 Å². The second kappa shape index (κ2) is 13.5. The number of aromatic nitrogens is 2. The van der Waals surface area contributed by atoms with Crippen molar-refractivity contribution in [3.8, 4) is 11.3 Å². The molecule has 52 heavy (non-hydrogen) atoms. The number of furan rings is 1. The summed E-state index contributed by atoms with van der Waals surface area (Å²) in [6.45, 7) is 6.01. The van der Waals surface area contributed by atoms with Gasteiger partial charge in [0.15, 0.2) is 5.76 Å². The van der Waals surface area contributed by atoms with Gasteiger partial charge in [0.25, 0.3) is 17.7 Å². The standard InChI is InChI=1S/C39H35ClFN7O4/c1-23-17-28(35(44-19-23)47-21-39(22-47)11-14-42-15-12-39)36(49)45-26-7-5-24(6-8-26)38(51)48-16-10-25-18-32(52-34(25)27-9-13-43-20-31(27)48)37(50)46-33-29(40)3-2-4-30(33)41/h2-9,13,17-20,42H,10-12,14-16,21-22H2,1H3,(H,45,49)(H,46,50). The number of nitrogens with one attached hydrogen (secondary N) is 3. The lowest BCUT2D eigenvalue weighted by molar-refractivity contribution is 0.0982. The molecule has 3 N–H and O–H groups in total. The van der Waals surface area contributed by atoms with Crippen LogP contribution in [0.5, 0.6) is 0 Å². The maximum Gasteiger partial charge on any atom is 0.291 e. The number of hydrogen-bond donors (Lipinski definition) is 3. The number of benzene rings is 2. The number of nitrogens with zero attached hydrogens (tertiary/aromatic N) is 4. The van der Waals surface area contributed by atoms with Crippen LogP contribution < -0.4 is 25.8 Å². The molecule has 264 valence electrons. The quantitative estimate of drug-likeness (QED) is 0.176. The lowest BCUT2D eigenvalue weighted by Crippen LogP contribution is -2.60. The number of anilines is 4. The van der Waals surface area contributed by atoms with Gasteiger partial charge in [0, 0.05) is 59.8 Å². The predicted molar refractivity (Wildman–Crippen MR) is 197 cm³/mol. The van der Waals surface area contributed by atoms with Gasteiger partial charge in [-0.2, -0.15) is 0 Å². The Balaban J connectivity index is 0.976. The van der Waals surface area contributed by atoms with Gasteiger partial charge in [-0.3, -0.25) is 19.4 Å². The fourth-order valence-corrected chi connectivity index (χ4v) is 7.53. The van der Waals surface area contributed by atoms with Crippen molar-refractivity contribution in [1.82, 2.24) is 15.3 Å². The topological polar surface area (TPSA) is 133 Å². The fourth-order valence-electron chi connectivity index (χ4n) is 7.32. The average molecular weight is 720 g/mol. The molecular formula is C39H35ClFN7O4. The highest BCUT2D eigenvalue weighted by molar-refractivity contribution is 6.34. The zero-order valence-corrected chi connectivity index (χ0v) is 29.1. The molecule has 8 rings (SSSR count). The van der Waals surface area contributed by atoms with E-state index < -0.39 is 11.7 Å². The number of piperidine rings is 1. The Kier molecular flexibility index (Phi) is 8.72. The number of rotatable bonds is 6. The van der Waals surface area contributed by atoms with Crippen molar-refractivity contribution in [1.29, 1.82) is 0 Å². The summed E-state index contributed by atoms with van der Waals surface area (Å²) in [5, 5.41) is 8.98. The van der Waals surface area contributed by atoms with E-state index in [1.165, 1.54) is 18.2 Å².